The molecule has 158 valence electrons. The van der Waals surface area contributed by atoms with Crippen LogP contribution in [0.15, 0.2) is 17.1 Å². The Balaban J connectivity index is 1.70. The molecule has 0 radical (unpaired) electrons. The van der Waals surface area contributed by atoms with E-state index in [1.165, 1.54) is 17.8 Å². The van der Waals surface area contributed by atoms with Gasteiger partial charge in [-0.1, -0.05) is 11.6 Å². The number of nitrogens with two attached hydrogens (primary N) is 1. The Hall–Kier alpha value is -1.84. The number of carbonyl (C=O) groups is 2. The summed E-state index contributed by atoms with van der Waals surface area (Å²) in [6.07, 6.45) is 0.941. The SMILES string of the molecule is CO[C@H]1C[C@@H](C2=NCC(CCC(=O)O)S2)N(C(=O)Cc2cc(Cl)c(N)cc2F)C1. The number of benzene rings is 1. The van der Waals surface area contributed by atoms with Crippen molar-refractivity contribution in [1.29, 1.82) is 0 Å². The lowest BCUT2D eigenvalue weighted by Gasteiger charge is -2.25. The molecule has 7 nitrogen and oxygen atoms in total. The molecule has 1 saturated heterocycles. The Morgan fingerprint density at radius 2 is 2.24 bits per heavy atom. The molecule has 1 aromatic carbocycles. The normalized spacial score (nSPS) is 24.0. The van der Waals surface area contributed by atoms with Crippen LogP contribution >= 0.6 is 23.4 Å². The molecule has 2 aliphatic heterocycles. The average molecular weight is 444 g/mol. The largest absolute Gasteiger partial charge is 0.481 e. The number of carboxylic acid groups (broad SMARTS) is 1. The van der Waals surface area contributed by atoms with E-state index in [4.69, 9.17) is 27.2 Å². The maximum atomic E-state index is 14.2. The summed E-state index contributed by atoms with van der Waals surface area (Å²) in [4.78, 5) is 30.0. The van der Waals surface area contributed by atoms with Crippen LogP contribution in [0.5, 0.6) is 0 Å². The molecule has 2 aliphatic rings. The Morgan fingerprint density at radius 1 is 1.48 bits per heavy atom. The highest BCUT2D eigenvalue weighted by Crippen LogP contribution is 2.33. The number of nitrogens with zero attached hydrogens (tertiary/aromatic N) is 2. The predicted molar refractivity (Wildman–Crippen MR) is 111 cm³/mol. The predicted octanol–water partition coefficient (Wildman–Crippen LogP) is 2.60. The van der Waals surface area contributed by atoms with Crippen molar-refractivity contribution in [2.75, 3.05) is 25.9 Å². The summed E-state index contributed by atoms with van der Waals surface area (Å²) < 4.78 is 19.7. The molecule has 1 aromatic rings. The van der Waals surface area contributed by atoms with Crippen LogP contribution in [0.2, 0.25) is 5.02 Å². The monoisotopic (exact) mass is 443 g/mol. The molecule has 1 amide bonds. The molecule has 0 bridgehead atoms. The van der Waals surface area contributed by atoms with Gasteiger partial charge in [0.05, 0.1) is 40.9 Å². The van der Waals surface area contributed by atoms with Gasteiger partial charge in [0.25, 0.3) is 0 Å². The molecular formula is C19H23ClFN3O4S. The maximum Gasteiger partial charge on any atom is 0.303 e. The number of ether oxygens (including phenoxy) is 1. The lowest BCUT2D eigenvalue weighted by molar-refractivity contribution is -0.137. The third-order valence-electron chi connectivity index (χ3n) is 5.13. The van der Waals surface area contributed by atoms with E-state index in [0.717, 1.165) is 11.1 Å². The number of likely N-dealkylation sites (tertiary alicyclic amines) is 1. The number of halogens is 2. The molecule has 3 rings (SSSR count). The van der Waals surface area contributed by atoms with Crippen LogP contribution in [-0.4, -0.2) is 64.5 Å². The van der Waals surface area contributed by atoms with E-state index in [2.05, 4.69) is 4.99 Å². The van der Waals surface area contributed by atoms with Gasteiger partial charge in [0.2, 0.25) is 5.91 Å². The number of carbonyl (C=O) groups excluding carboxylic acids is 1. The van der Waals surface area contributed by atoms with Crippen molar-refractivity contribution >= 4 is 46.0 Å². The van der Waals surface area contributed by atoms with Gasteiger partial charge in [0.15, 0.2) is 0 Å². The minimum Gasteiger partial charge on any atom is -0.481 e. The fourth-order valence-corrected chi connectivity index (χ4v) is 4.98. The molecule has 10 heteroatoms. The van der Waals surface area contributed by atoms with Crippen LogP contribution in [0.4, 0.5) is 10.1 Å². The summed E-state index contributed by atoms with van der Waals surface area (Å²) in [6, 6.07) is 2.25. The van der Waals surface area contributed by atoms with Gasteiger partial charge in [-0.05, 0) is 24.1 Å². The zero-order valence-electron chi connectivity index (χ0n) is 15.9. The summed E-state index contributed by atoms with van der Waals surface area (Å²) in [6.45, 7) is 0.926. The van der Waals surface area contributed by atoms with Gasteiger partial charge in [-0.15, -0.1) is 11.8 Å². The average Bonchev–Trinajstić information content (AvgIpc) is 3.31. The molecule has 1 unspecified atom stereocenters. The number of aliphatic carboxylic acids is 1. The number of hydrogen-bond donors (Lipinski definition) is 2. The first-order valence-electron chi connectivity index (χ1n) is 9.27. The highest BCUT2D eigenvalue weighted by atomic mass is 35.5. The van der Waals surface area contributed by atoms with E-state index in [0.29, 0.717) is 25.9 Å². The van der Waals surface area contributed by atoms with Crippen molar-refractivity contribution in [3.8, 4) is 0 Å². The molecule has 0 aliphatic carbocycles. The molecule has 0 aromatic heterocycles. The number of carboxylic acids is 1. The number of rotatable bonds is 7. The molecule has 3 atom stereocenters. The van der Waals surface area contributed by atoms with E-state index < -0.39 is 11.8 Å². The summed E-state index contributed by atoms with van der Waals surface area (Å²) in [5, 5.41) is 9.98. The van der Waals surface area contributed by atoms with Crippen LogP contribution < -0.4 is 5.73 Å². The fourth-order valence-electron chi connectivity index (χ4n) is 3.54. The second-order valence-electron chi connectivity index (χ2n) is 7.15. The summed E-state index contributed by atoms with van der Waals surface area (Å²) >= 11 is 7.50. The lowest BCUT2D eigenvalue weighted by Crippen LogP contribution is -2.40. The van der Waals surface area contributed by atoms with Gasteiger partial charge in [0.1, 0.15) is 5.82 Å². The highest BCUT2D eigenvalue weighted by Gasteiger charge is 2.40. The minimum absolute atomic E-state index is 0.0889. The zero-order chi connectivity index (χ0) is 21.1. The van der Waals surface area contributed by atoms with Crippen molar-refractivity contribution in [3.63, 3.8) is 0 Å². The summed E-state index contributed by atoms with van der Waals surface area (Å²) in [7, 11) is 1.59. The quantitative estimate of drug-likeness (QED) is 0.627. The number of nitrogen functional groups attached to an aromatic ring is 1. The van der Waals surface area contributed by atoms with Crippen molar-refractivity contribution in [2.24, 2.45) is 4.99 Å². The molecule has 0 saturated carbocycles. The number of amides is 1. The number of thioether (sulfide) groups is 1. The van der Waals surface area contributed by atoms with E-state index in [-0.39, 0.29) is 52.4 Å². The number of aliphatic imine (C=N–C) groups is 1. The molecule has 2 heterocycles. The van der Waals surface area contributed by atoms with Crippen molar-refractivity contribution in [3.05, 3.63) is 28.5 Å². The van der Waals surface area contributed by atoms with E-state index in [1.807, 2.05) is 0 Å². The van der Waals surface area contributed by atoms with E-state index in [9.17, 15) is 14.0 Å². The Kier molecular flexibility index (Phi) is 7.02. The number of hydrogen-bond acceptors (Lipinski definition) is 6. The van der Waals surface area contributed by atoms with Crippen molar-refractivity contribution in [1.82, 2.24) is 4.90 Å². The van der Waals surface area contributed by atoms with Gasteiger partial charge in [-0.25, -0.2) is 4.39 Å². The minimum atomic E-state index is -0.833. The van der Waals surface area contributed by atoms with Crippen LogP contribution in [-0.2, 0) is 20.7 Å². The first-order chi connectivity index (χ1) is 13.8. The first kappa shape index (κ1) is 21.9. The van der Waals surface area contributed by atoms with E-state index in [1.54, 1.807) is 12.0 Å². The smallest absolute Gasteiger partial charge is 0.303 e. The Bertz CT molecular complexity index is 838. The molecule has 3 N–H and O–H groups in total. The molecule has 1 fully saturated rings. The van der Waals surface area contributed by atoms with Gasteiger partial charge in [-0.2, -0.15) is 0 Å². The van der Waals surface area contributed by atoms with Crippen molar-refractivity contribution < 1.29 is 23.8 Å². The third-order valence-corrected chi connectivity index (χ3v) is 6.82. The number of methoxy groups -OCH3 is 1. The summed E-state index contributed by atoms with van der Waals surface area (Å²) in [5.74, 6) is -1.65. The zero-order valence-corrected chi connectivity index (χ0v) is 17.5. The lowest BCUT2D eigenvalue weighted by atomic mass is 10.1. The maximum absolute atomic E-state index is 14.2. The molecule has 0 spiro atoms. The third kappa shape index (κ3) is 5.21. The second-order valence-corrected chi connectivity index (χ2v) is 8.88. The molecular weight excluding hydrogens is 421 g/mol. The van der Waals surface area contributed by atoms with Crippen molar-refractivity contribution in [2.45, 2.75) is 43.1 Å². The van der Waals surface area contributed by atoms with Crippen LogP contribution in [0.25, 0.3) is 0 Å². The first-order valence-corrected chi connectivity index (χ1v) is 10.5. The van der Waals surface area contributed by atoms with Crippen LogP contribution in [0.1, 0.15) is 24.8 Å². The highest BCUT2D eigenvalue weighted by molar-refractivity contribution is 8.14. The van der Waals surface area contributed by atoms with E-state index >= 15 is 0 Å². The Labute approximate surface area is 177 Å². The van der Waals surface area contributed by atoms with Crippen LogP contribution in [0, 0.1) is 5.82 Å². The Morgan fingerprint density at radius 3 is 2.93 bits per heavy atom. The second kappa shape index (κ2) is 9.32. The molecule has 29 heavy (non-hydrogen) atoms. The van der Waals surface area contributed by atoms with Gasteiger partial charge < -0.3 is 20.5 Å². The van der Waals surface area contributed by atoms with Crippen LogP contribution in [0.3, 0.4) is 0 Å². The van der Waals surface area contributed by atoms with Gasteiger partial charge in [-0.3, -0.25) is 14.6 Å². The number of anilines is 1. The fraction of sp³-hybridized carbons (Fsp3) is 0.526. The van der Waals surface area contributed by atoms with Gasteiger partial charge in [0, 0.05) is 31.7 Å². The van der Waals surface area contributed by atoms with Gasteiger partial charge >= 0.3 is 5.97 Å². The summed E-state index contributed by atoms with van der Waals surface area (Å²) in [5.41, 5.74) is 5.92. The topological polar surface area (TPSA) is 105 Å². The standard InChI is InChI=1S/C19H23ClFN3O4S/c1-28-11-6-16(19-23-8-12(29-19)2-3-18(26)27)24(9-11)17(25)5-10-4-13(20)15(22)7-14(10)21/h4,7,11-12,16H,2-3,5-6,8-9,22H2,1H3,(H,26,27)/t11-,12?,16-/m0/s1.